The highest BCUT2D eigenvalue weighted by Crippen LogP contribution is 2.32. The largest absolute Gasteiger partial charge is 0.308 e. The highest BCUT2D eigenvalue weighted by atomic mass is 35.5. The van der Waals surface area contributed by atoms with Crippen molar-refractivity contribution in [1.29, 1.82) is 0 Å². The minimum atomic E-state index is -3.78. The Kier molecular flexibility index (Phi) is 5.54. The first-order valence-electron chi connectivity index (χ1n) is 9.64. The van der Waals surface area contributed by atoms with Crippen molar-refractivity contribution in [3.63, 3.8) is 0 Å². The summed E-state index contributed by atoms with van der Waals surface area (Å²) in [6, 6.07) is 19.2. The van der Waals surface area contributed by atoms with Gasteiger partial charge in [0, 0.05) is 28.5 Å². The number of benzene rings is 3. The Morgan fingerprint density at radius 2 is 1.80 bits per heavy atom. The molecule has 0 fully saturated rings. The normalized spacial score (nSPS) is 13.6. The van der Waals surface area contributed by atoms with E-state index in [1.165, 1.54) is 6.07 Å². The van der Waals surface area contributed by atoms with Crippen molar-refractivity contribution in [1.82, 2.24) is 0 Å². The lowest BCUT2D eigenvalue weighted by atomic mass is 10.00. The van der Waals surface area contributed by atoms with Crippen molar-refractivity contribution in [2.45, 2.75) is 24.7 Å². The van der Waals surface area contributed by atoms with Crippen molar-refractivity contribution >= 4 is 38.9 Å². The highest BCUT2D eigenvalue weighted by Gasteiger charge is 2.25. The van der Waals surface area contributed by atoms with Gasteiger partial charge in [0.1, 0.15) is 0 Å². The minimum absolute atomic E-state index is 0.0561. The Hall–Kier alpha value is -2.83. The summed E-state index contributed by atoms with van der Waals surface area (Å²) >= 11 is 5.99. The smallest absolute Gasteiger partial charge is 0.262 e. The number of anilines is 2. The van der Waals surface area contributed by atoms with E-state index >= 15 is 0 Å². The zero-order valence-corrected chi connectivity index (χ0v) is 18.0. The van der Waals surface area contributed by atoms with Gasteiger partial charge < -0.3 is 4.90 Å². The third-order valence-corrected chi connectivity index (χ3v) is 6.91. The third-order valence-electron chi connectivity index (χ3n) is 5.16. The lowest BCUT2D eigenvalue weighted by Crippen LogP contribution is -2.35. The molecule has 0 saturated carbocycles. The van der Waals surface area contributed by atoms with E-state index < -0.39 is 10.0 Å². The number of carbonyl (C=O) groups is 1. The van der Waals surface area contributed by atoms with Gasteiger partial charge in [-0.2, -0.15) is 0 Å². The average molecular weight is 441 g/mol. The molecule has 3 aromatic rings. The van der Waals surface area contributed by atoms with Crippen LogP contribution in [-0.4, -0.2) is 20.9 Å². The summed E-state index contributed by atoms with van der Waals surface area (Å²) in [5.74, 6) is -0.0561. The van der Waals surface area contributed by atoms with Gasteiger partial charge >= 0.3 is 0 Å². The summed E-state index contributed by atoms with van der Waals surface area (Å²) < 4.78 is 28.4. The molecule has 0 aliphatic carbocycles. The number of aryl methyl sites for hydroxylation is 2. The van der Waals surface area contributed by atoms with Gasteiger partial charge in [0.2, 0.25) is 0 Å². The molecule has 0 unspecified atom stereocenters. The number of sulfonamides is 1. The van der Waals surface area contributed by atoms with E-state index in [1.807, 2.05) is 18.2 Å². The van der Waals surface area contributed by atoms with Crippen LogP contribution in [0.3, 0.4) is 0 Å². The summed E-state index contributed by atoms with van der Waals surface area (Å²) in [6.07, 6.45) is 1.59. The van der Waals surface area contributed by atoms with Crippen molar-refractivity contribution in [2.75, 3.05) is 16.2 Å². The van der Waals surface area contributed by atoms with Gasteiger partial charge in [0.05, 0.1) is 4.90 Å². The predicted molar refractivity (Wildman–Crippen MR) is 120 cm³/mol. The molecule has 0 saturated heterocycles. The maximum Gasteiger partial charge on any atom is 0.262 e. The Morgan fingerprint density at radius 1 is 1.03 bits per heavy atom. The molecule has 7 heteroatoms. The minimum Gasteiger partial charge on any atom is -0.308 e. The Morgan fingerprint density at radius 3 is 2.57 bits per heavy atom. The lowest BCUT2D eigenvalue weighted by molar-refractivity contribution is 0.0985. The summed E-state index contributed by atoms with van der Waals surface area (Å²) in [7, 11) is -3.78. The maximum absolute atomic E-state index is 12.9. The molecule has 0 atom stereocenters. The molecule has 5 nitrogen and oxygen atoms in total. The highest BCUT2D eigenvalue weighted by molar-refractivity contribution is 7.92. The van der Waals surface area contributed by atoms with E-state index in [0.29, 0.717) is 28.4 Å². The van der Waals surface area contributed by atoms with Crippen LogP contribution in [0.25, 0.3) is 0 Å². The Labute approximate surface area is 181 Å². The average Bonchev–Trinajstić information content (AvgIpc) is 2.74. The monoisotopic (exact) mass is 440 g/mol. The van der Waals surface area contributed by atoms with E-state index in [4.69, 9.17) is 11.6 Å². The number of fused-ring (bicyclic) bond motifs is 1. The molecule has 0 aromatic heterocycles. The molecule has 0 radical (unpaired) electrons. The fourth-order valence-electron chi connectivity index (χ4n) is 3.68. The second-order valence-electron chi connectivity index (χ2n) is 7.29. The zero-order chi connectivity index (χ0) is 21.3. The van der Waals surface area contributed by atoms with Gasteiger partial charge in [-0.15, -0.1) is 0 Å². The van der Waals surface area contributed by atoms with Crippen LogP contribution in [0, 0.1) is 6.92 Å². The van der Waals surface area contributed by atoms with Crippen LogP contribution in [0.15, 0.2) is 71.6 Å². The molecule has 30 heavy (non-hydrogen) atoms. The van der Waals surface area contributed by atoms with Gasteiger partial charge in [0.25, 0.3) is 15.9 Å². The molecule has 3 aromatic carbocycles. The molecule has 1 amide bonds. The first kappa shape index (κ1) is 20.4. The first-order chi connectivity index (χ1) is 14.3. The standard InChI is InChI=1S/C23H21ClN2O3S/c1-16-9-10-19(24)15-22(16)30(28,29)25-20-11-12-21-18(14-20)8-5-13-26(21)23(27)17-6-3-2-4-7-17/h2-4,6-7,9-12,14-15,25H,5,8,13H2,1H3. The maximum atomic E-state index is 12.9. The van der Waals surface area contributed by atoms with E-state index in [1.54, 1.807) is 54.3 Å². The van der Waals surface area contributed by atoms with Crippen molar-refractivity contribution < 1.29 is 13.2 Å². The lowest BCUT2D eigenvalue weighted by Gasteiger charge is -2.30. The van der Waals surface area contributed by atoms with E-state index in [0.717, 1.165) is 24.1 Å². The summed E-state index contributed by atoms with van der Waals surface area (Å²) in [6.45, 7) is 2.36. The van der Waals surface area contributed by atoms with E-state index in [2.05, 4.69) is 4.72 Å². The quantitative estimate of drug-likeness (QED) is 0.617. The fourth-order valence-corrected chi connectivity index (χ4v) is 5.24. The molecular formula is C23H21ClN2O3S. The SMILES string of the molecule is Cc1ccc(Cl)cc1S(=O)(=O)Nc1ccc2c(c1)CCCN2C(=O)c1ccccc1. The molecule has 1 heterocycles. The van der Waals surface area contributed by atoms with Crippen LogP contribution in [0.5, 0.6) is 0 Å². The molecule has 0 spiro atoms. The summed E-state index contributed by atoms with van der Waals surface area (Å²) in [5, 5.41) is 0.362. The van der Waals surface area contributed by atoms with Gasteiger partial charge in [-0.05, 0) is 73.4 Å². The van der Waals surface area contributed by atoms with Crippen LogP contribution in [0.1, 0.15) is 27.9 Å². The molecular weight excluding hydrogens is 420 g/mol. The van der Waals surface area contributed by atoms with Crippen molar-refractivity contribution in [2.24, 2.45) is 0 Å². The second-order valence-corrected chi connectivity index (χ2v) is 9.37. The summed E-state index contributed by atoms with van der Waals surface area (Å²) in [5.41, 5.74) is 3.46. The van der Waals surface area contributed by atoms with E-state index in [9.17, 15) is 13.2 Å². The third kappa shape index (κ3) is 4.06. The Bertz CT molecular complexity index is 1210. The van der Waals surface area contributed by atoms with Gasteiger partial charge in [-0.25, -0.2) is 8.42 Å². The van der Waals surface area contributed by atoms with Gasteiger partial charge in [-0.1, -0.05) is 35.9 Å². The zero-order valence-electron chi connectivity index (χ0n) is 16.4. The molecule has 1 aliphatic rings. The molecule has 154 valence electrons. The van der Waals surface area contributed by atoms with E-state index in [-0.39, 0.29) is 10.8 Å². The second kappa shape index (κ2) is 8.13. The molecule has 1 aliphatic heterocycles. The van der Waals surface area contributed by atoms with Gasteiger partial charge in [0.15, 0.2) is 0 Å². The number of hydrogen-bond acceptors (Lipinski definition) is 3. The van der Waals surface area contributed by atoms with Crippen molar-refractivity contribution in [3.8, 4) is 0 Å². The van der Waals surface area contributed by atoms with Crippen LogP contribution < -0.4 is 9.62 Å². The number of nitrogens with one attached hydrogen (secondary N) is 1. The fraction of sp³-hybridized carbons (Fsp3) is 0.174. The number of carbonyl (C=O) groups excluding carboxylic acids is 1. The van der Waals surface area contributed by atoms with Gasteiger partial charge in [-0.3, -0.25) is 9.52 Å². The predicted octanol–water partition coefficient (Wildman–Crippen LogP) is 5.04. The number of halogens is 1. The topological polar surface area (TPSA) is 66.5 Å². The Balaban J connectivity index is 1.63. The van der Waals surface area contributed by atoms with Crippen LogP contribution in [0.4, 0.5) is 11.4 Å². The van der Waals surface area contributed by atoms with Crippen LogP contribution in [0.2, 0.25) is 5.02 Å². The number of hydrogen-bond donors (Lipinski definition) is 1. The van der Waals surface area contributed by atoms with Crippen LogP contribution in [-0.2, 0) is 16.4 Å². The number of amides is 1. The van der Waals surface area contributed by atoms with Crippen LogP contribution >= 0.6 is 11.6 Å². The first-order valence-corrected chi connectivity index (χ1v) is 11.5. The number of rotatable bonds is 4. The van der Waals surface area contributed by atoms with Crippen molar-refractivity contribution in [3.05, 3.63) is 88.4 Å². The molecule has 4 rings (SSSR count). The molecule has 1 N–H and O–H groups in total. The summed E-state index contributed by atoms with van der Waals surface area (Å²) in [4.78, 5) is 14.8. The number of nitrogens with zero attached hydrogens (tertiary/aromatic N) is 1. The molecule has 0 bridgehead atoms.